The summed E-state index contributed by atoms with van der Waals surface area (Å²) in [6, 6.07) is 14.8. The minimum Gasteiger partial charge on any atom is -0.352 e. The van der Waals surface area contributed by atoms with Crippen molar-refractivity contribution in [3.63, 3.8) is 0 Å². The first-order valence-electron chi connectivity index (χ1n) is 9.29. The molecule has 2 atom stereocenters. The quantitative estimate of drug-likeness (QED) is 0.770. The topological polar surface area (TPSA) is 49.4 Å². The van der Waals surface area contributed by atoms with Crippen LogP contribution in [0.15, 0.2) is 54.6 Å². The molecular formula is C22H27FN2O2. The first-order valence-corrected chi connectivity index (χ1v) is 9.29. The highest BCUT2D eigenvalue weighted by molar-refractivity contribution is 5.88. The summed E-state index contributed by atoms with van der Waals surface area (Å²) in [5.41, 5.74) is 1.67. The molecule has 0 spiro atoms. The molecule has 0 aliphatic carbocycles. The van der Waals surface area contributed by atoms with E-state index < -0.39 is 6.04 Å². The second-order valence-corrected chi connectivity index (χ2v) is 6.80. The fourth-order valence-electron chi connectivity index (χ4n) is 2.71. The van der Waals surface area contributed by atoms with Gasteiger partial charge in [-0.05, 0) is 43.5 Å². The summed E-state index contributed by atoms with van der Waals surface area (Å²) in [4.78, 5) is 27.1. The summed E-state index contributed by atoms with van der Waals surface area (Å²) in [6.45, 7) is 5.90. The number of nitrogens with zero attached hydrogens (tertiary/aromatic N) is 1. The Labute approximate surface area is 160 Å². The van der Waals surface area contributed by atoms with Crippen molar-refractivity contribution in [3.05, 3.63) is 71.5 Å². The van der Waals surface area contributed by atoms with Crippen LogP contribution in [0.25, 0.3) is 0 Å². The molecule has 0 fully saturated rings. The molecule has 2 rings (SSSR count). The lowest BCUT2D eigenvalue weighted by Crippen LogP contribution is -2.49. The van der Waals surface area contributed by atoms with Crippen LogP contribution in [0.3, 0.4) is 0 Å². The summed E-state index contributed by atoms with van der Waals surface area (Å²) in [7, 11) is 0. The van der Waals surface area contributed by atoms with Crippen molar-refractivity contribution in [2.75, 3.05) is 0 Å². The molecule has 0 radical (unpaired) electrons. The monoisotopic (exact) mass is 370 g/mol. The molecule has 5 heteroatoms. The maximum Gasteiger partial charge on any atom is 0.242 e. The standard InChI is InChI=1S/C22H27FN2O2/c1-4-16(2)24-22(27)17(3)25(15-19-10-12-20(23)13-11-19)21(26)14-18-8-6-5-7-9-18/h5-13,16-17H,4,14-15H2,1-3H3,(H,24,27). The molecule has 0 aliphatic rings. The van der Waals surface area contributed by atoms with E-state index in [0.717, 1.165) is 17.5 Å². The van der Waals surface area contributed by atoms with Gasteiger partial charge >= 0.3 is 0 Å². The van der Waals surface area contributed by atoms with Gasteiger partial charge in [0.2, 0.25) is 11.8 Å². The Balaban J connectivity index is 2.19. The van der Waals surface area contributed by atoms with Gasteiger partial charge in [-0.3, -0.25) is 9.59 Å². The third-order valence-corrected chi connectivity index (χ3v) is 4.63. The first kappa shape index (κ1) is 20.6. The van der Waals surface area contributed by atoms with E-state index in [4.69, 9.17) is 0 Å². The third-order valence-electron chi connectivity index (χ3n) is 4.63. The molecule has 0 bridgehead atoms. The summed E-state index contributed by atoms with van der Waals surface area (Å²) in [5, 5.41) is 2.93. The van der Waals surface area contributed by atoms with E-state index >= 15 is 0 Å². The predicted octanol–water partition coefficient (Wildman–Crippen LogP) is 3.70. The van der Waals surface area contributed by atoms with Crippen LogP contribution < -0.4 is 5.32 Å². The van der Waals surface area contributed by atoms with Crippen LogP contribution in [0.2, 0.25) is 0 Å². The zero-order valence-corrected chi connectivity index (χ0v) is 16.1. The van der Waals surface area contributed by atoms with Crippen LogP contribution in [0.4, 0.5) is 4.39 Å². The van der Waals surface area contributed by atoms with Crippen molar-refractivity contribution in [1.82, 2.24) is 10.2 Å². The molecule has 2 aromatic rings. The molecule has 4 nitrogen and oxygen atoms in total. The molecule has 2 aromatic carbocycles. The Bertz CT molecular complexity index is 747. The second-order valence-electron chi connectivity index (χ2n) is 6.80. The van der Waals surface area contributed by atoms with Gasteiger partial charge in [-0.15, -0.1) is 0 Å². The average molecular weight is 370 g/mol. The smallest absolute Gasteiger partial charge is 0.242 e. The minimum absolute atomic E-state index is 0.0387. The minimum atomic E-state index is -0.625. The zero-order chi connectivity index (χ0) is 19.8. The number of hydrogen-bond acceptors (Lipinski definition) is 2. The molecule has 0 saturated carbocycles. The van der Waals surface area contributed by atoms with Gasteiger partial charge < -0.3 is 10.2 Å². The number of nitrogens with one attached hydrogen (secondary N) is 1. The Morgan fingerprint density at radius 3 is 2.22 bits per heavy atom. The van der Waals surface area contributed by atoms with Gasteiger partial charge in [0.15, 0.2) is 0 Å². The Kier molecular flexibility index (Phi) is 7.53. The van der Waals surface area contributed by atoms with Gasteiger partial charge in [0.25, 0.3) is 0 Å². The number of carbonyl (C=O) groups is 2. The largest absolute Gasteiger partial charge is 0.352 e. The Hall–Kier alpha value is -2.69. The highest BCUT2D eigenvalue weighted by Crippen LogP contribution is 2.13. The van der Waals surface area contributed by atoms with Crippen LogP contribution in [-0.4, -0.2) is 28.8 Å². The molecule has 0 saturated heterocycles. The molecule has 144 valence electrons. The zero-order valence-electron chi connectivity index (χ0n) is 16.1. The van der Waals surface area contributed by atoms with Gasteiger partial charge in [-0.25, -0.2) is 4.39 Å². The number of benzene rings is 2. The summed E-state index contributed by atoms with van der Waals surface area (Å²) in [5.74, 6) is -0.659. The Morgan fingerprint density at radius 1 is 1.00 bits per heavy atom. The van der Waals surface area contributed by atoms with Crippen molar-refractivity contribution in [2.45, 2.75) is 52.2 Å². The lowest BCUT2D eigenvalue weighted by Gasteiger charge is -2.29. The van der Waals surface area contributed by atoms with Crippen LogP contribution in [0.5, 0.6) is 0 Å². The molecule has 0 heterocycles. The van der Waals surface area contributed by atoms with E-state index in [1.54, 1.807) is 24.0 Å². The van der Waals surface area contributed by atoms with Crippen LogP contribution >= 0.6 is 0 Å². The predicted molar refractivity (Wildman–Crippen MR) is 104 cm³/mol. The number of rotatable bonds is 8. The van der Waals surface area contributed by atoms with Crippen LogP contribution in [0.1, 0.15) is 38.3 Å². The average Bonchev–Trinajstić information content (AvgIpc) is 2.67. The molecule has 2 amide bonds. The van der Waals surface area contributed by atoms with Crippen molar-refractivity contribution in [3.8, 4) is 0 Å². The SMILES string of the molecule is CCC(C)NC(=O)C(C)N(Cc1ccc(F)cc1)C(=O)Cc1ccccc1. The summed E-state index contributed by atoms with van der Waals surface area (Å²) >= 11 is 0. The van der Waals surface area contributed by atoms with Crippen molar-refractivity contribution >= 4 is 11.8 Å². The molecule has 0 aliphatic heterocycles. The van der Waals surface area contributed by atoms with E-state index in [2.05, 4.69) is 5.32 Å². The number of hydrogen-bond donors (Lipinski definition) is 1. The van der Waals surface area contributed by atoms with Gasteiger partial charge in [0.05, 0.1) is 6.42 Å². The van der Waals surface area contributed by atoms with Crippen LogP contribution in [-0.2, 0) is 22.6 Å². The Morgan fingerprint density at radius 2 is 1.63 bits per heavy atom. The van der Waals surface area contributed by atoms with E-state index in [1.807, 2.05) is 44.2 Å². The molecule has 2 unspecified atom stereocenters. The fraction of sp³-hybridized carbons (Fsp3) is 0.364. The lowest BCUT2D eigenvalue weighted by molar-refractivity contribution is -0.140. The molecule has 0 aromatic heterocycles. The summed E-state index contributed by atoms with van der Waals surface area (Å²) in [6.07, 6.45) is 1.03. The van der Waals surface area contributed by atoms with Crippen LogP contribution in [0, 0.1) is 5.82 Å². The van der Waals surface area contributed by atoms with Crippen molar-refractivity contribution in [1.29, 1.82) is 0 Å². The van der Waals surface area contributed by atoms with E-state index in [9.17, 15) is 14.0 Å². The van der Waals surface area contributed by atoms with Crippen molar-refractivity contribution in [2.24, 2.45) is 0 Å². The van der Waals surface area contributed by atoms with Gasteiger partial charge in [-0.2, -0.15) is 0 Å². The fourth-order valence-corrected chi connectivity index (χ4v) is 2.71. The maximum absolute atomic E-state index is 13.2. The normalized spacial score (nSPS) is 12.9. The van der Waals surface area contributed by atoms with E-state index in [-0.39, 0.29) is 36.6 Å². The molecule has 27 heavy (non-hydrogen) atoms. The molecular weight excluding hydrogens is 343 g/mol. The maximum atomic E-state index is 13.2. The van der Waals surface area contributed by atoms with Crippen molar-refractivity contribution < 1.29 is 14.0 Å². The molecule has 1 N–H and O–H groups in total. The van der Waals surface area contributed by atoms with E-state index in [0.29, 0.717) is 0 Å². The van der Waals surface area contributed by atoms with E-state index in [1.165, 1.54) is 12.1 Å². The van der Waals surface area contributed by atoms with Gasteiger partial charge in [0, 0.05) is 12.6 Å². The summed E-state index contributed by atoms with van der Waals surface area (Å²) < 4.78 is 13.2. The van der Waals surface area contributed by atoms with Gasteiger partial charge in [-0.1, -0.05) is 49.4 Å². The second kappa shape index (κ2) is 9.86. The highest BCUT2D eigenvalue weighted by atomic mass is 19.1. The number of carbonyl (C=O) groups excluding carboxylic acids is 2. The lowest BCUT2D eigenvalue weighted by atomic mass is 10.1. The van der Waals surface area contributed by atoms with Gasteiger partial charge in [0.1, 0.15) is 11.9 Å². The number of halogens is 1. The number of amides is 2. The highest BCUT2D eigenvalue weighted by Gasteiger charge is 2.26. The first-order chi connectivity index (χ1) is 12.9. The third kappa shape index (κ3) is 6.20.